The average Bonchev–Trinajstić information content (AvgIpc) is 3.17. The van der Waals surface area contributed by atoms with E-state index in [2.05, 4.69) is 22.2 Å². The molecule has 0 saturated carbocycles. The largest absolute Gasteiger partial charge is 0.282 e. The van der Waals surface area contributed by atoms with Crippen LogP contribution in [0.25, 0.3) is 11.4 Å². The van der Waals surface area contributed by atoms with Crippen molar-refractivity contribution in [3.05, 3.63) is 66.0 Å². The van der Waals surface area contributed by atoms with Gasteiger partial charge in [0.2, 0.25) is 5.91 Å². The highest BCUT2D eigenvalue weighted by molar-refractivity contribution is 6.02. The first kappa shape index (κ1) is 13.5. The number of benzene rings is 2. The lowest BCUT2D eigenvalue weighted by molar-refractivity contribution is -0.117. The quantitative estimate of drug-likeness (QED) is 0.693. The number of carbonyl (C=O) groups excluding carboxylic acids is 1. The molecule has 0 aliphatic carbocycles. The number of hydrogen-bond donors (Lipinski definition) is 0. The van der Waals surface area contributed by atoms with Gasteiger partial charge in [0, 0.05) is 24.0 Å². The first-order valence-corrected chi connectivity index (χ1v) is 8.14. The highest BCUT2D eigenvalue weighted by Gasteiger charge is 2.54. The normalized spacial score (nSPS) is 21.4. The number of aromatic nitrogens is 3. The van der Waals surface area contributed by atoms with E-state index in [1.54, 1.807) is 0 Å². The van der Waals surface area contributed by atoms with E-state index < -0.39 is 5.66 Å². The van der Waals surface area contributed by atoms with Crippen molar-refractivity contribution in [3.63, 3.8) is 0 Å². The Morgan fingerprint density at radius 1 is 1.04 bits per heavy atom. The number of nitrogens with zero attached hydrogens (tertiary/aromatic N) is 4. The van der Waals surface area contributed by atoms with Gasteiger partial charge in [-0.3, -0.25) is 9.69 Å². The predicted molar refractivity (Wildman–Crippen MR) is 90.4 cm³/mol. The maximum absolute atomic E-state index is 12.8. The molecule has 118 valence electrons. The van der Waals surface area contributed by atoms with E-state index in [1.165, 1.54) is 0 Å². The standard InChI is InChI=1S/C19H16N4O/c1-13-20-18-15-9-5-6-10-16(15)22-17(24)11-12-19(22,23(18)21-13)14-7-3-2-4-8-14/h2-10H,11-12H2,1H3. The molecule has 24 heavy (non-hydrogen) atoms. The summed E-state index contributed by atoms with van der Waals surface area (Å²) in [4.78, 5) is 19.4. The van der Waals surface area contributed by atoms with E-state index in [9.17, 15) is 4.79 Å². The Morgan fingerprint density at radius 3 is 2.62 bits per heavy atom. The van der Waals surface area contributed by atoms with E-state index in [0.717, 1.165) is 28.5 Å². The Morgan fingerprint density at radius 2 is 1.79 bits per heavy atom. The molecular weight excluding hydrogens is 300 g/mol. The predicted octanol–water partition coefficient (Wildman–Crippen LogP) is 3.10. The molecule has 0 bridgehead atoms. The third-order valence-corrected chi connectivity index (χ3v) is 4.99. The van der Waals surface area contributed by atoms with Crippen LogP contribution in [-0.2, 0) is 10.5 Å². The molecule has 1 amide bonds. The number of amides is 1. The smallest absolute Gasteiger partial charge is 0.229 e. The van der Waals surface area contributed by atoms with Gasteiger partial charge in [-0.1, -0.05) is 42.5 Å². The summed E-state index contributed by atoms with van der Waals surface area (Å²) in [5.74, 6) is 1.68. The summed E-state index contributed by atoms with van der Waals surface area (Å²) in [5.41, 5.74) is 2.32. The van der Waals surface area contributed by atoms with E-state index in [-0.39, 0.29) is 5.91 Å². The zero-order valence-corrected chi connectivity index (χ0v) is 13.3. The maximum Gasteiger partial charge on any atom is 0.229 e. The number of fused-ring (bicyclic) bond motifs is 6. The molecule has 1 saturated heterocycles. The Bertz CT molecular complexity index is 963. The summed E-state index contributed by atoms with van der Waals surface area (Å²) in [7, 11) is 0. The van der Waals surface area contributed by atoms with E-state index >= 15 is 0 Å². The van der Waals surface area contributed by atoms with Crippen LogP contribution in [0.2, 0.25) is 0 Å². The Labute approximate surface area is 139 Å². The van der Waals surface area contributed by atoms with Gasteiger partial charge in [-0.05, 0) is 19.1 Å². The zero-order chi connectivity index (χ0) is 16.3. The second kappa shape index (κ2) is 4.54. The van der Waals surface area contributed by atoms with Crippen LogP contribution in [0, 0.1) is 6.92 Å². The topological polar surface area (TPSA) is 51.0 Å². The minimum atomic E-state index is -0.622. The highest BCUT2D eigenvalue weighted by atomic mass is 16.2. The summed E-state index contributed by atoms with van der Waals surface area (Å²) >= 11 is 0. The Kier molecular flexibility index (Phi) is 2.55. The third-order valence-electron chi connectivity index (χ3n) is 4.99. The molecule has 5 nitrogen and oxygen atoms in total. The van der Waals surface area contributed by atoms with Crippen molar-refractivity contribution in [1.82, 2.24) is 14.8 Å². The molecule has 3 aromatic rings. The fraction of sp³-hybridized carbons (Fsp3) is 0.211. The fourth-order valence-electron chi connectivity index (χ4n) is 4.05. The first-order valence-electron chi connectivity index (χ1n) is 8.14. The molecule has 1 atom stereocenters. The van der Waals surface area contributed by atoms with Gasteiger partial charge in [-0.2, -0.15) is 5.10 Å². The van der Waals surface area contributed by atoms with Crippen molar-refractivity contribution >= 4 is 11.6 Å². The van der Waals surface area contributed by atoms with Crippen molar-refractivity contribution in [2.75, 3.05) is 4.90 Å². The van der Waals surface area contributed by atoms with Gasteiger partial charge in [0.15, 0.2) is 11.5 Å². The molecule has 3 heterocycles. The van der Waals surface area contributed by atoms with Crippen molar-refractivity contribution in [2.45, 2.75) is 25.4 Å². The number of carbonyl (C=O) groups is 1. The van der Waals surface area contributed by atoms with Crippen LogP contribution in [0.15, 0.2) is 54.6 Å². The van der Waals surface area contributed by atoms with Crippen LogP contribution < -0.4 is 4.90 Å². The molecule has 0 spiro atoms. The SMILES string of the molecule is Cc1nc2n(n1)C1(c3ccccc3)CCC(=O)N1c1ccccc1-2. The maximum atomic E-state index is 12.8. The molecule has 1 fully saturated rings. The van der Waals surface area contributed by atoms with Gasteiger partial charge in [0.05, 0.1) is 5.69 Å². The Hall–Kier alpha value is -2.95. The number of para-hydroxylation sites is 1. The molecule has 2 aliphatic heterocycles. The van der Waals surface area contributed by atoms with Gasteiger partial charge >= 0.3 is 0 Å². The third kappa shape index (κ3) is 1.51. The molecular formula is C19H16N4O. The van der Waals surface area contributed by atoms with Crippen LogP contribution in [0.4, 0.5) is 5.69 Å². The molecule has 0 radical (unpaired) electrons. The number of anilines is 1. The van der Waals surface area contributed by atoms with Crippen LogP contribution >= 0.6 is 0 Å². The monoisotopic (exact) mass is 316 g/mol. The highest BCUT2D eigenvalue weighted by Crippen LogP contribution is 2.51. The minimum absolute atomic E-state index is 0.130. The first-order chi connectivity index (χ1) is 11.7. The van der Waals surface area contributed by atoms with Crippen LogP contribution in [0.3, 0.4) is 0 Å². The summed E-state index contributed by atoms with van der Waals surface area (Å²) in [6.45, 7) is 1.90. The van der Waals surface area contributed by atoms with Crippen LogP contribution in [0.1, 0.15) is 24.2 Å². The molecule has 2 aromatic carbocycles. The fourth-order valence-corrected chi connectivity index (χ4v) is 4.05. The minimum Gasteiger partial charge on any atom is -0.282 e. The van der Waals surface area contributed by atoms with E-state index in [1.807, 2.05) is 59.0 Å². The number of aryl methyl sites for hydroxylation is 1. The summed E-state index contributed by atoms with van der Waals surface area (Å²) in [6.07, 6.45) is 1.20. The lowest BCUT2D eigenvalue weighted by Gasteiger charge is -2.43. The van der Waals surface area contributed by atoms with Gasteiger partial charge < -0.3 is 0 Å². The number of rotatable bonds is 1. The van der Waals surface area contributed by atoms with Gasteiger partial charge in [0.25, 0.3) is 0 Å². The molecule has 1 aromatic heterocycles. The van der Waals surface area contributed by atoms with Crippen LogP contribution in [-0.4, -0.2) is 20.7 Å². The Balaban J connectivity index is 1.91. The van der Waals surface area contributed by atoms with E-state index in [4.69, 9.17) is 0 Å². The number of hydrogen-bond acceptors (Lipinski definition) is 3. The van der Waals surface area contributed by atoms with Crippen LogP contribution in [0.5, 0.6) is 0 Å². The summed E-state index contributed by atoms with van der Waals surface area (Å²) in [6, 6.07) is 18.1. The van der Waals surface area contributed by atoms with Gasteiger partial charge in [-0.25, -0.2) is 9.67 Å². The van der Waals surface area contributed by atoms with Crippen molar-refractivity contribution in [3.8, 4) is 11.4 Å². The molecule has 5 rings (SSSR count). The molecule has 5 heteroatoms. The zero-order valence-electron chi connectivity index (χ0n) is 13.3. The molecule has 2 aliphatic rings. The second-order valence-corrected chi connectivity index (χ2v) is 6.32. The van der Waals surface area contributed by atoms with E-state index in [0.29, 0.717) is 12.8 Å². The summed E-state index contributed by atoms with van der Waals surface area (Å²) < 4.78 is 1.95. The summed E-state index contributed by atoms with van der Waals surface area (Å²) in [5, 5.41) is 4.69. The van der Waals surface area contributed by atoms with Crippen molar-refractivity contribution in [2.24, 2.45) is 0 Å². The lowest BCUT2D eigenvalue weighted by atomic mass is 9.92. The van der Waals surface area contributed by atoms with Crippen molar-refractivity contribution < 1.29 is 4.79 Å². The molecule has 0 N–H and O–H groups in total. The average molecular weight is 316 g/mol. The van der Waals surface area contributed by atoms with Gasteiger partial charge in [-0.15, -0.1) is 0 Å². The molecule has 1 unspecified atom stereocenters. The van der Waals surface area contributed by atoms with Crippen molar-refractivity contribution in [1.29, 1.82) is 0 Å². The lowest BCUT2D eigenvalue weighted by Crippen LogP contribution is -2.52. The van der Waals surface area contributed by atoms with Gasteiger partial charge in [0.1, 0.15) is 5.82 Å². The second-order valence-electron chi connectivity index (χ2n) is 6.32.